The number of nitrogens with one attached hydrogen (secondary N) is 7. The first-order chi connectivity index (χ1) is 41.1. The van der Waals surface area contributed by atoms with Crippen LogP contribution < -0.4 is 0 Å². The summed E-state index contributed by atoms with van der Waals surface area (Å²) in [5, 5.41) is 9.25. The van der Waals surface area contributed by atoms with Crippen LogP contribution in [-0.4, -0.2) is 34.9 Å². The zero-order valence-corrected chi connectivity index (χ0v) is 55.5. The average molecular weight is 1310 g/mol. The lowest BCUT2D eigenvalue weighted by Gasteiger charge is -1.90. The molecule has 0 aliphatic rings. The lowest BCUT2D eigenvalue weighted by atomic mass is 10.2. The predicted molar refractivity (Wildman–Crippen MR) is 373 cm³/mol. The summed E-state index contributed by atoms with van der Waals surface area (Å²) in [4.78, 5) is 21.1. The third-order valence-electron chi connectivity index (χ3n) is 10.7. The van der Waals surface area contributed by atoms with Gasteiger partial charge < -0.3 is 34.9 Å². The van der Waals surface area contributed by atoms with E-state index in [4.69, 9.17) is 23.2 Å². The first-order valence-electron chi connectivity index (χ1n) is 28.6. The standard InChI is InChI=1S/2C8H6BrN.2C8H6ClN.3C8H6FN.7C2H6/c9-7-1-2-8-6(5-7)3-4-10-8;9-7-3-1-2-6-4-5-10-8(6)7;9-7-1-2-8-6(5-7)3-4-10-8;9-7-3-1-2-6-4-5-10-8(6)7;9-7-1-2-8-6(5-7)3-4-10-8;9-7-2-1-6-3-4-10-8(6)5-7;9-7-3-1-2-6-4-5-10-8(6)7;7*1-2/h7*1-5,10H;7*1-2H3. The van der Waals surface area contributed by atoms with Gasteiger partial charge in [0.25, 0.3) is 0 Å². The second kappa shape index (κ2) is 44.2. The molecule has 14 aromatic rings. The van der Waals surface area contributed by atoms with Crippen LogP contribution in [0.4, 0.5) is 13.2 Å². The Balaban J connectivity index is 0.000000473. The third kappa shape index (κ3) is 24.5. The fourth-order valence-corrected chi connectivity index (χ4v) is 8.52. The summed E-state index contributed by atoms with van der Waals surface area (Å²) in [6.45, 7) is 28.0. The molecular weight excluding hydrogens is 1230 g/mol. The molecule has 84 heavy (non-hydrogen) atoms. The topological polar surface area (TPSA) is 111 Å². The fraction of sp³-hybridized carbons (Fsp3) is 0.200. The van der Waals surface area contributed by atoms with Gasteiger partial charge in [0.2, 0.25) is 0 Å². The van der Waals surface area contributed by atoms with Gasteiger partial charge in [0.05, 0.1) is 21.6 Å². The zero-order valence-electron chi connectivity index (χ0n) is 50.9. The Morgan fingerprint density at radius 3 is 1.21 bits per heavy atom. The number of rotatable bonds is 0. The number of halogens is 7. The Morgan fingerprint density at radius 1 is 0.298 bits per heavy atom. The van der Waals surface area contributed by atoms with Crippen molar-refractivity contribution < 1.29 is 13.2 Å². The molecule has 7 aromatic carbocycles. The average Bonchev–Trinajstić information content (AvgIpc) is 4.45. The van der Waals surface area contributed by atoms with Gasteiger partial charge in [-0.1, -0.05) is 172 Å². The van der Waals surface area contributed by atoms with Gasteiger partial charge in [-0.2, -0.15) is 0 Å². The molecule has 14 heteroatoms. The Morgan fingerprint density at radius 2 is 0.679 bits per heavy atom. The van der Waals surface area contributed by atoms with Gasteiger partial charge in [0.15, 0.2) is 0 Å². The van der Waals surface area contributed by atoms with Gasteiger partial charge >= 0.3 is 0 Å². The molecule has 0 radical (unpaired) electrons. The number of para-hydroxylation sites is 3. The number of hydrogen-bond donors (Lipinski definition) is 7. The highest BCUT2D eigenvalue weighted by Crippen LogP contribution is 2.23. The molecule has 0 bridgehead atoms. The van der Waals surface area contributed by atoms with Crippen molar-refractivity contribution in [3.05, 3.63) is 250 Å². The molecule has 448 valence electrons. The van der Waals surface area contributed by atoms with Crippen molar-refractivity contribution in [2.75, 3.05) is 0 Å². The van der Waals surface area contributed by atoms with Gasteiger partial charge in [-0.15, -0.1) is 0 Å². The van der Waals surface area contributed by atoms with Crippen molar-refractivity contribution in [3.63, 3.8) is 0 Å². The summed E-state index contributed by atoms with van der Waals surface area (Å²) in [5.41, 5.74) is 6.91. The Kier molecular flexibility index (Phi) is 39.3. The van der Waals surface area contributed by atoms with Crippen LogP contribution in [-0.2, 0) is 0 Å². The van der Waals surface area contributed by atoms with Crippen LogP contribution in [0, 0.1) is 17.5 Å². The molecule has 0 fully saturated rings. The van der Waals surface area contributed by atoms with Gasteiger partial charge in [-0.3, -0.25) is 0 Å². The first kappa shape index (κ1) is 74.7. The first-order valence-corrected chi connectivity index (χ1v) is 31.0. The summed E-state index contributed by atoms with van der Waals surface area (Å²) in [7, 11) is 0. The normalized spacial score (nSPS) is 9.25. The summed E-state index contributed by atoms with van der Waals surface area (Å²) < 4.78 is 40.0. The Labute approximate surface area is 522 Å². The minimum atomic E-state index is -0.199. The minimum Gasteiger partial charge on any atom is -0.361 e. The highest BCUT2D eigenvalue weighted by atomic mass is 79.9. The van der Waals surface area contributed by atoms with Crippen molar-refractivity contribution >= 4 is 131 Å². The molecule has 0 aliphatic heterocycles. The molecule has 7 aromatic heterocycles. The van der Waals surface area contributed by atoms with Crippen molar-refractivity contribution in [3.8, 4) is 0 Å². The maximum atomic E-state index is 12.8. The van der Waals surface area contributed by atoms with E-state index in [1.54, 1.807) is 36.8 Å². The quantitative estimate of drug-likeness (QED) is 0.0785. The highest BCUT2D eigenvalue weighted by Gasteiger charge is 2.00. The highest BCUT2D eigenvalue weighted by molar-refractivity contribution is 9.11. The zero-order chi connectivity index (χ0) is 62.8. The van der Waals surface area contributed by atoms with Crippen LogP contribution in [0.5, 0.6) is 0 Å². The third-order valence-corrected chi connectivity index (χ3v) is 12.4. The SMILES string of the molecule is Brc1ccc2[nH]ccc2c1.Brc1cccc2cc[nH]c12.CC.CC.CC.CC.CC.CC.CC.Clc1ccc2[nH]ccc2c1.Clc1cccc2cc[nH]c12.Fc1ccc2[nH]ccc2c1.Fc1ccc2cc[nH]c2c1.Fc1cccc2cc[nH]c12. The molecule has 7 nitrogen and oxygen atoms in total. The van der Waals surface area contributed by atoms with E-state index < -0.39 is 0 Å². The summed E-state index contributed by atoms with van der Waals surface area (Å²) >= 11 is 18.5. The van der Waals surface area contributed by atoms with Crippen molar-refractivity contribution in [1.82, 2.24) is 34.9 Å². The van der Waals surface area contributed by atoms with Crippen LogP contribution in [0.25, 0.3) is 76.3 Å². The summed E-state index contributed by atoms with van der Waals surface area (Å²) in [5.74, 6) is -0.579. The number of fused-ring (bicyclic) bond motifs is 7. The van der Waals surface area contributed by atoms with E-state index in [0.717, 1.165) is 68.0 Å². The van der Waals surface area contributed by atoms with Crippen LogP contribution in [0.3, 0.4) is 0 Å². The molecule has 0 amide bonds. The molecular formula is C70H84Br2Cl2F3N7. The molecule has 0 aliphatic carbocycles. The monoisotopic (exact) mass is 1310 g/mol. The molecule has 0 saturated heterocycles. The smallest absolute Gasteiger partial charge is 0.147 e. The van der Waals surface area contributed by atoms with E-state index in [1.165, 1.54) is 52.1 Å². The molecule has 0 spiro atoms. The van der Waals surface area contributed by atoms with Crippen LogP contribution in [0.15, 0.2) is 222 Å². The second-order valence-corrected chi connectivity index (χ2v) is 18.0. The lowest BCUT2D eigenvalue weighted by Crippen LogP contribution is -1.73. The minimum absolute atomic E-state index is 0.188. The maximum absolute atomic E-state index is 12.8. The van der Waals surface area contributed by atoms with Gasteiger partial charge in [0, 0.05) is 112 Å². The number of benzene rings is 7. The maximum Gasteiger partial charge on any atom is 0.147 e. The largest absolute Gasteiger partial charge is 0.361 e. The second-order valence-electron chi connectivity index (χ2n) is 15.4. The number of hydrogen-bond acceptors (Lipinski definition) is 0. The summed E-state index contributed by atoms with van der Waals surface area (Å²) in [6, 6.07) is 52.0. The Bertz CT molecular complexity index is 3420. The summed E-state index contributed by atoms with van der Waals surface area (Å²) in [6.07, 6.45) is 13.0. The van der Waals surface area contributed by atoms with E-state index in [0.29, 0.717) is 5.52 Å². The number of H-pyrrole nitrogens is 7. The number of aromatic nitrogens is 7. The van der Waals surface area contributed by atoms with Crippen molar-refractivity contribution in [2.45, 2.75) is 96.9 Å². The molecule has 7 heterocycles. The van der Waals surface area contributed by atoms with Gasteiger partial charge in [-0.25, -0.2) is 13.2 Å². The predicted octanol–water partition coefficient (Wildman–Crippen LogP) is 25.6. The lowest BCUT2D eigenvalue weighted by molar-refractivity contribution is 0.629. The van der Waals surface area contributed by atoms with E-state index >= 15 is 0 Å². The van der Waals surface area contributed by atoms with E-state index in [9.17, 15) is 13.2 Å². The van der Waals surface area contributed by atoms with Crippen LogP contribution in [0.1, 0.15) is 96.9 Å². The van der Waals surface area contributed by atoms with Gasteiger partial charge in [-0.05, 0) is 155 Å². The molecule has 0 atom stereocenters. The number of aromatic amines is 7. The molecule has 14 rings (SSSR count). The molecule has 0 unspecified atom stereocenters. The van der Waals surface area contributed by atoms with Gasteiger partial charge in [0.1, 0.15) is 17.5 Å². The van der Waals surface area contributed by atoms with Crippen LogP contribution >= 0.6 is 55.1 Å². The van der Waals surface area contributed by atoms with E-state index in [-0.39, 0.29) is 17.5 Å². The van der Waals surface area contributed by atoms with Crippen LogP contribution in [0.2, 0.25) is 10.0 Å². The fourth-order valence-electron chi connectivity index (χ4n) is 7.23. The molecule has 0 saturated carbocycles. The molecule has 7 N–H and O–H groups in total. The van der Waals surface area contributed by atoms with E-state index in [2.05, 4.69) is 97.1 Å². The van der Waals surface area contributed by atoms with Crippen molar-refractivity contribution in [1.29, 1.82) is 0 Å². The van der Waals surface area contributed by atoms with Crippen molar-refractivity contribution in [2.24, 2.45) is 0 Å². The van der Waals surface area contributed by atoms with E-state index in [1.807, 2.05) is 213 Å². The Hall–Kier alpha value is -7.35.